The van der Waals surface area contributed by atoms with E-state index >= 15 is 0 Å². The maximum absolute atomic E-state index is 6.09. The maximum Gasteiger partial charge on any atom is 0.0548 e. The van der Waals surface area contributed by atoms with Crippen LogP contribution in [-0.4, -0.2) is 49.1 Å². The highest BCUT2D eigenvalue weighted by atomic mass is 79.9. The molecule has 2 aliphatic rings. The molecular formula is C16H23BrClN3. The summed E-state index contributed by atoms with van der Waals surface area (Å²) in [6.07, 6.45) is 2.87. The Morgan fingerprint density at radius 3 is 2.52 bits per heavy atom. The van der Waals surface area contributed by atoms with Crippen molar-refractivity contribution in [2.24, 2.45) is 11.7 Å². The zero-order valence-electron chi connectivity index (χ0n) is 12.3. The predicted octanol–water partition coefficient (Wildman–Crippen LogP) is 3.13. The molecule has 2 N–H and O–H groups in total. The summed E-state index contributed by atoms with van der Waals surface area (Å²) in [7, 11) is 0. The Hall–Kier alpha value is -0.130. The second kappa shape index (κ2) is 6.97. The first-order valence-electron chi connectivity index (χ1n) is 7.79. The van der Waals surface area contributed by atoms with E-state index in [0.29, 0.717) is 12.6 Å². The van der Waals surface area contributed by atoms with Crippen LogP contribution in [0.1, 0.15) is 24.4 Å². The van der Waals surface area contributed by atoms with Crippen molar-refractivity contribution in [1.82, 2.24) is 9.80 Å². The average Bonchev–Trinajstić information content (AvgIpc) is 3.29. The molecule has 1 aromatic rings. The lowest BCUT2D eigenvalue weighted by Gasteiger charge is -2.39. The first-order chi connectivity index (χ1) is 10.2. The van der Waals surface area contributed by atoms with E-state index in [4.69, 9.17) is 17.3 Å². The summed E-state index contributed by atoms with van der Waals surface area (Å²) in [5, 5.41) is 0.753. The van der Waals surface area contributed by atoms with Gasteiger partial charge in [0.1, 0.15) is 0 Å². The van der Waals surface area contributed by atoms with Crippen LogP contribution >= 0.6 is 27.5 Å². The van der Waals surface area contributed by atoms with Crippen molar-refractivity contribution in [3.8, 4) is 0 Å². The maximum atomic E-state index is 6.09. The first kappa shape index (κ1) is 15.8. The number of hydrogen-bond donors (Lipinski definition) is 1. The molecule has 2 fully saturated rings. The molecule has 0 amide bonds. The number of piperazine rings is 1. The third kappa shape index (κ3) is 3.99. The standard InChI is InChI=1S/C16H23BrClN3/c17-14-9-13(3-4-15(14)18)16(10-19)21-7-5-20(6-8-21)11-12-1-2-12/h3-4,9,12,16H,1-2,5-8,10-11,19H2. The molecule has 1 heterocycles. The monoisotopic (exact) mass is 371 g/mol. The summed E-state index contributed by atoms with van der Waals surface area (Å²) in [5.41, 5.74) is 7.30. The van der Waals surface area contributed by atoms with Crippen molar-refractivity contribution in [3.63, 3.8) is 0 Å². The number of hydrogen-bond acceptors (Lipinski definition) is 3. The van der Waals surface area contributed by atoms with E-state index in [1.54, 1.807) is 0 Å². The van der Waals surface area contributed by atoms with Gasteiger partial charge >= 0.3 is 0 Å². The number of nitrogens with two attached hydrogens (primary N) is 1. The van der Waals surface area contributed by atoms with Gasteiger partial charge in [-0.3, -0.25) is 4.90 Å². The Bertz CT molecular complexity index is 484. The number of nitrogens with zero attached hydrogens (tertiary/aromatic N) is 2. The largest absolute Gasteiger partial charge is 0.329 e. The van der Waals surface area contributed by atoms with Crippen molar-refractivity contribution in [1.29, 1.82) is 0 Å². The molecule has 1 aromatic carbocycles. The van der Waals surface area contributed by atoms with Crippen LogP contribution in [0.3, 0.4) is 0 Å². The highest BCUT2D eigenvalue weighted by Gasteiger charge is 2.28. The molecule has 3 nitrogen and oxygen atoms in total. The van der Waals surface area contributed by atoms with Gasteiger partial charge in [0.05, 0.1) is 5.02 Å². The van der Waals surface area contributed by atoms with E-state index in [1.165, 1.54) is 38.0 Å². The van der Waals surface area contributed by atoms with Crippen molar-refractivity contribution >= 4 is 27.5 Å². The van der Waals surface area contributed by atoms with Crippen LogP contribution in [0.2, 0.25) is 5.02 Å². The van der Waals surface area contributed by atoms with Gasteiger partial charge in [0.25, 0.3) is 0 Å². The molecule has 0 radical (unpaired) electrons. The molecule has 5 heteroatoms. The minimum absolute atomic E-state index is 0.293. The summed E-state index contributed by atoms with van der Waals surface area (Å²) in [6, 6.07) is 6.45. The minimum atomic E-state index is 0.293. The fourth-order valence-electron chi connectivity index (χ4n) is 3.14. The average molecular weight is 373 g/mol. The van der Waals surface area contributed by atoms with Crippen LogP contribution in [0, 0.1) is 5.92 Å². The van der Waals surface area contributed by atoms with Gasteiger partial charge in [-0.1, -0.05) is 17.7 Å². The molecule has 0 aromatic heterocycles. The van der Waals surface area contributed by atoms with E-state index in [2.05, 4.69) is 37.9 Å². The lowest BCUT2D eigenvalue weighted by Crippen LogP contribution is -2.49. The molecule has 116 valence electrons. The second-order valence-electron chi connectivity index (χ2n) is 6.20. The van der Waals surface area contributed by atoms with Gasteiger partial charge in [-0.05, 0) is 52.4 Å². The van der Waals surface area contributed by atoms with Crippen molar-refractivity contribution in [2.75, 3.05) is 39.3 Å². The zero-order valence-corrected chi connectivity index (χ0v) is 14.6. The van der Waals surface area contributed by atoms with Crippen molar-refractivity contribution < 1.29 is 0 Å². The highest BCUT2D eigenvalue weighted by Crippen LogP contribution is 2.31. The van der Waals surface area contributed by atoms with E-state index in [9.17, 15) is 0 Å². The molecule has 0 bridgehead atoms. The van der Waals surface area contributed by atoms with E-state index in [1.807, 2.05) is 6.07 Å². The van der Waals surface area contributed by atoms with Crippen LogP contribution in [0.5, 0.6) is 0 Å². The topological polar surface area (TPSA) is 32.5 Å². The summed E-state index contributed by atoms with van der Waals surface area (Å²) in [6.45, 7) is 6.50. The van der Waals surface area contributed by atoms with Gasteiger partial charge in [-0.15, -0.1) is 0 Å². The van der Waals surface area contributed by atoms with Crippen LogP contribution < -0.4 is 5.73 Å². The molecule has 1 aliphatic heterocycles. The molecule has 1 atom stereocenters. The summed E-state index contributed by atoms with van der Waals surface area (Å²) >= 11 is 9.60. The minimum Gasteiger partial charge on any atom is -0.329 e. The number of rotatable bonds is 5. The van der Waals surface area contributed by atoms with Crippen LogP contribution in [0.25, 0.3) is 0 Å². The molecule has 1 unspecified atom stereocenters. The summed E-state index contributed by atoms with van der Waals surface area (Å²) in [4.78, 5) is 5.12. The summed E-state index contributed by atoms with van der Waals surface area (Å²) in [5.74, 6) is 0.981. The Kier molecular flexibility index (Phi) is 5.23. The van der Waals surface area contributed by atoms with E-state index < -0.39 is 0 Å². The number of halogens is 2. The Balaban J connectivity index is 1.62. The normalized spacial score (nSPS) is 22.4. The Labute approximate surface area is 140 Å². The van der Waals surface area contributed by atoms with Crippen molar-refractivity contribution in [3.05, 3.63) is 33.3 Å². The fourth-order valence-corrected chi connectivity index (χ4v) is 3.65. The SMILES string of the molecule is NCC(c1ccc(Cl)c(Br)c1)N1CCN(CC2CC2)CC1. The number of benzene rings is 1. The first-order valence-corrected chi connectivity index (χ1v) is 8.96. The van der Waals surface area contributed by atoms with Crippen LogP contribution in [-0.2, 0) is 0 Å². The Morgan fingerprint density at radius 2 is 1.95 bits per heavy atom. The predicted molar refractivity (Wildman–Crippen MR) is 91.7 cm³/mol. The lowest BCUT2D eigenvalue weighted by molar-refractivity contribution is 0.0955. The molecule has 1 saturated carbocycles. The van der Waals surface area contributed by atoms with Gasteiger partial charge in [-0.2, -0.15) is 0 Å². The Morgan fingerprint density at radius 1 is 1.24 bits per heavy atom. The van der Waals surface area contributed by atoms with Crippen LogP contribution in [0.15, 0.2) is 22.7 Å². The van der Waals surface area contributed by atoms with Crippen LogP contribution in [0.4, 0.5) is 0 Å². The third-order valence-corrected chi connectivity index (χ3v) is 5.83. The smallest absolute Gasteiger partial charge is 0.0548 e. The molecule has 21 heavy (non-hydrogen) atoms. The highest BCUT2D eigenvalue weighted by molar-refractivity contribution is 9.10. The third-order valence-electron chi connectivity index (χ3n) is 4.61. The molecular weight excluding hydrogens is 350 g/mol. The van der Waals surface area contributed by atoms with Gasteiger partial charge in [0, 0.05) is 49.8 Å². The second-order valence-corrected chi connectivity index (χ2v) is 7.47. The summed E-state index contributed by atoms with van der Waals surface area (Å²) < 4.78 is 0.951. The van der Waals surface area contributed by atoms with Gasteiger partial charge in [0.15, 0.2) is 0 Å². The van der Waals surface area contributed by atoms with Gasteiger partial charge in [0.2, 0.25) is 0 Å². The molecule has 0 spiro atoms. The van der Waals surface area contributed by atoms with E-state index in [-0.39, 0.29) is 0 Å². The van der Waals surface area contributed by atoms with E-state index in [0.717, 1.165) is 28.5 Å². The molecule has 1 saturated heterocycles. The fraction of sp³-hybridized carbons (Fsp3) is 0.625. The lowest BCUT2D eigenvalue weighted by atomic mass is 10.0. The van der Waals surface area contributed by atoms with Gasteiger partial charge in [-0.25, -0.2) is 0 Å². The molecule has 3 rings (SSSR count). The van der Waals surface area contributed by atoms with Crippen molar-refractivity contribution in [2.45, 2.75) is 18.9 Å². The molecule has 1 aliphatic carbocycles. The quantitative estimate of drug-likeness (QED) is 0.862. The zero-order chi connectivity index (χ0) is 14.8. The van der Waals surface area contributed by atoms with Gasteiger partial charge < -0.3 is 10.6 Å².